The molecule has 2 aromatic heterocycles. The maximum Gasteiger partial charge on any atom is 0.407 e. The first-order valence-corrected chi connectivity index (χ1v) is 24.5. The van der Waals surface area contributed by atoms with E-state index in [4.69, 9.17) is 19.4 Å². The number of imidazole rings is 2. The number of alkyl halides is 4. The highest BCUT2D eigenvalue weighted by molar-refractivity contribution is 5.91. The van der Waals surface area contributed by atoms with Gasteiger partial charge in [0.15, 0.2) is 0 Å². The first kappa shape index (κ1) is 46.0. The van der Waals surface area contributed by atoms with Crippen molar-refractivity contribution in [3.63, 3.8) is 0 Å². The van der Waals surface area contributed by atoms with E-state index >= 15 is 0 Å². The Bertz CT molecular complexity index is 2810. The minimum Gasteiger partial charge on any atom is -0.453 e. The van der Waals surface area contributed by atoms with Gasteiger partial charge < -0.3 is 39.9 Å². The summed E-state index contributed by atoms with van der Waals surface area (Å²) in [6.45, 7) is 0. The van der Waals surface area contributed by atoms with Crippen molar-refractivity contribution in [1.82, 2.24) is 40.4 Å². The van der Waals surface area contributed by atoms with E-state index in [9.17, 15) is 36.7 Å². The molecule has 6 aliphatic rings. The van der Waals surface area contributed by atoms with Crippen LogP contribution in [-0.4, -0.2) is 104 Å². The fourth-order valence-electron chi connectivity index (χ4n) is 12.0. The van der Waals surface area contributed by atoms with Crippen LogP contribution >= 0.6 is 0 Å². The van der Waals surface area contributed by atoms with Gasteiger partial charge in [-0.05, 0) is 115 Å². The fourth-order valence-corrected chi connectivity index (χ4v) is 12.0. The highest BCUT2D eigenvalue weighted by Gasteiger charge is 2.58. The summed E-state index contributed by atoms with van der Waals surface area (Å²) in [5.74, 6) is -5.05. The molecule has 2 aliphatic heterocycles. The normalized spacial score (nSPS) is 26.5. The molecule has 14 nitrogen and oxygen atoms in total. The van der Waals surface area contributed by atoms with E-state index in [2.05, 4.69) is 63.1 Å². The van der Waals surface area contributed by atoms with Crippen LogP contribution in [0.4, 0.5) is 27.2 Å². The summed E-state index contributed by atoms with van der Waals surface area (Å²) in [6, 6.07) is 18.0. The number of methoxy groups -OCH3 is 2. The van der Waals surface area contributed by atoms with Gasteiger partial charge >= 0.3 is 12.2 Å². The molecule has 368 valence electrons. The van der Waals surface area contributed by atoms with Crippen LogP contribution in [0.3, 0.4) is 0 Å². The number of halogens is 4. The maximum absolute atomic E-state index is 14.3. The molecule has 18 heteroatoms. The SMILES string of the molecule is COC(=O)NC(C(=O)N1C(c2ncc(-c3ccc4cc(-c5ccc(-c6cnc(C7CC8CC8N7C(=O)[C@@H](NC(=O)OC)C7CCC(F)(F)CC7)[nH]6)cc5)ccc4c3)[nH]2)CC2CC21)C1CCC(F)(F)CC1. The quantitative estimate of drug-likeness (QED) is 0.0947. The van der Waals surface area contributed by atoms with Gasteiger partial charge in [-0.3, -0.25) is 9.59 Å². The molecule has 4 N–H and O–H groups in total. The molecule has 70 heavy (non-hydrogen) atoms. The Balaban J connectivity index is 0.762. The number of fused-ring (bicyclic) bond motifs is 3. The van der Waals surface area contributed by atoms with Crippen molar-refractivity contribution >= 4 is 34.8 Å². The van der Waals surface area contributed by atoms with Gasteiger partial charge in [0.2, 0.25) is 23.7 Å². The van der Waals surface area contributed by atoms with Gasteiger partial charge in [-0.15, -0.1) is 0 Å². The lowest BCUT2D eigenvalue weighted by molar-refractivity contribution is -0.139. The Morgan fingerprint density at radius 2 is 0.986 bits per heavy atom. The number of hydrogen-bond acceptors (Lipinski definition) is 8. The third-order valence-corrected chi connectivity index (χ3v) is 16.1. The summed E-state index contributed by atoms with van der Waals surface area (Å²) in [4.78, 5) is 73.4. The van der Waals surface area contributed by atoms with Gasteiger partial charge in [0.25, 0.3) is 0 Å². The Hall–Kier alpha value is -6.46. The van der Waals surface area contributed by atoms with Crippen molar-refractivity contribution < 1.29 is 46.2 Å². The van der Waals surface area contributed by atoms with E-state index in [1.807, 2.05) is 28.0 Å². The third kappa shape index (κ3) is 8.86. The number of carbonyl (C=O) groups is 4. The van der Waals surface area contributed by atoms with Crippen LogP contribution < -0.4 is 10.6 Å². The topological polar surface area (TPSA) is 175 Å². The van der Waals surface area contributed by atoms with E-state index in [-0.39, 0.29) is 87.3 Å². The number of H-pyrrole nitrogens is 2. The van der Waals surface area contributed by atoms with Crippen molar-refractivity contribution in [3.05, 3.63) is 84.7 Å². The smallest absolute Gasteiger partial charge is 0.407 e. The molecule has 4 saturated carbocycles. The predicted octanol–water partition coefficient (Wildman–Crippen LogP) is 9.71. The highest BCUT2D eigenvalue weighted by atomic mass is 19.3. The molecule has 4 amide bonds. The number of alkyl carbamates (subject to hydrolysis) is 2. The van der Waals surface area contributed by atoms with Crippen LogP contribution in [0.5, 0.6) is 0 Å². The molecular formula is C52H56F4N8O6. The van der Waals surface area contributed by atoms with Crippen molar-refractivity contribution in [2.45, 2.75) is 125 Å². The second-order valence-corrected chi connectivity index (χ2v) is 20.5. The lowest BCUT2D eigenvalue weighted by Gasteiger charge is -2.37. The number of hydrogen-bond donors (Lipinski definition) is 4. The number of amides is 4. The van der Waals surface area contributed by atoms with Crippen molar-refractivity contribution in [2.24, 2.45) is 23.7 Å². The number of carbonyl (C=O) groups excluding carboxylic acids is 4. The van der Waals surface area contributed by atoms with Crippen LogP contribution in [0.15, 0.2) is 73.1 Å². The molecule has 11 rings (SSSR count). The molecule has 5 aromatic rings. The number of aromatic amines is 2. The maximum atomic E-state index is 14.3. The van der Waals surface area contributed by atoms with Gasteiger partial charge in [0, 0.05) is 43.3 Å². The first-order valence-electron chi connectivity index (χ1n) is 24.5. The summed E-state index contributed by atoms with van der Waals surface area (Å²) in [5.41, 5.74) is 5.47. The summed E-state index contributed by atoms with van der Waals surface area (Å²) < 4.78 is 66.1. The Morgan fingerprint density at radius 3 is 1.44 bits per heavy atom. The van der Waals surface area contributed by atoms with Gasteiger partial charge in [0.05, 0.1) is 50.1 Å². The van der Waals surface area contributed by atoms with Crippen molar-refractivity contribution in [1.29, 1.82) is 0 Å². The number of aromatic nitrogens is 4. The average Bonchev–Trinajstić information content (AvgIpc) is 3.94. The lowest BCUT2D eigenvalue weighted by Crippen LogP contribution is -2.54. The summed E-state index contributed by atoms with van der Waals surface area (Å²) in [6.07, 6.45) is 4.37. The monoisotopic (exact) mass is 964 g/mol. The summed E-state index contributed by atoms with van der Waals surface area (Å²) >= 11 is 0. The van der Waals surface area contributed by atoms with E-state index in [1.165, 1.54) is 14.2 Å². The first-order chi connectivity index (χ1) is 33.7. The molecule has 0 bridgehead atoms. The third-order valence-electron chi connectivity index (χ3n) is 16.1. The van der Waals surface area contributed by atoms with Gasteiger partial charge in [-0.2, -0.15) is 0 Å². The minimum absolute atomic E-state index is 0.00950. The van der Waals surface area contributed by atoms with E-state index in [0.717, 1.165) is 70.1 Å². The standard InChI is InChI=1S/C52H56F4N8O6/c1-69-49(67)61-43(29-11-15-51(53,54)16-12-29)47(65)63-39-21-35(39)23-41(63)45-57-25-37(59-45)28-5-3-27(4-6-28)31-7-8-33-20-34(10-9-32(33)19-31)38-26-58-46(60-38)42-24-36-22-40(36)64(42)48(66)44(62-50(68)70-2)30-13-17-52(55,56)18-14-30/h3-10,19-20,25-26,29-30,35-36,39-44H,11-18,21-24H2,1-2H3,(H,57,59)(H,58,60)(H,61,67)(H,62,68)/t35?,36?,39?,40?,41?,42?,43-,44?/m0/s1. The van der Waals surface area contributed by atoms with Gasteiger partial charge in [0.1, 0.15) is 23.7 Å². The Labute approximate surface area is 401 Å². The van der Waals surface area contributed by atoms with Gasteiger partial charge in [-0.25, -0.2) is 37.1 Å². The van der Waals surface area contributed by atoms with Crippen molar-refractivity contribution in [2.75, 3.05) is 14.2 Å². The zero-order valence-electron chi connectivity index (χ0n) is 38.9. The van der Waals surface area contributed by atoms with Crippen LogP contribution in [0.1, 0.15) is 101 Å². The number of nitrogens with one attached hydrogen (secondary N) is 4. The number of rotatable bonds is 11. The molecule has 8 atom stereocenters. The van der Waals surface area contributed by atoms with Crippen LogP contribution in [0.25, 0.3) is 44.4 Å². The number of likely N-dealkylation sites (tertiary alicyclic amines) is 2. The summed E-state index contributed by atoms with van der Waals surface area (Å²) in [5, 5.41) is 7.44. The zero-order valence-corrected chi connectivity index (χ0v) is 38.9. The lowest BCUT2D eigenvalue weighted by atomic mass is 9.81. The zero-order chi connectivity index (χ0) is 48.6. The molecule has 2 saturated heterocycles. The van der Waals surface area contributed by atoms with Gasteiger partial charge in [-0.1, -0.05) is 48.5 Å². The second-order valence-electron chi connectivity index (χ2n) is 20.5. The van der Waals surface area contributed by atoms with E-state index in [0.29, 0.717) is 23.5 Å². The largest absolute Gasteiger partial charge is 0.453 e. The Kier molecular flexibility index (Phi) is 11.6. The fraction of sp³-hybridized carbons (Fsp3) is 0.500. The second kappa shape index (κ2) is 17.7. The molecule has 4 aliphatic carbocycles. The molecule has 4 heterocycles. The number of ether oxygens (including phenoxy) is 2. The molecule has 0 spiro atoms. The van der Waals surface area contributed by atoms with E-state index in [1.54, 1.807) is 12.4 Å². The number of nitrogens with zero attached hydrogens (tertiary/aromatic N) is 4. The number of benzene rings is 3. The van der Waals surface area contributed by atoms with Crippen LogP contribution in [-0.2, 0) is 19.1 Å². The van der Waals surface area contributed by atoms with E-state index < -0.39 is 48.0 Å². The molecule has 6 fully saturated rings. The molecule has 3 aromatic carbocycles. The Morgan fingerprint density at radius 1 is 0.586 bits per heavy atom. The molecule has 0 radical (unpaired) electrons. The summed E-state index contributed by atoms with van der Waals surface area (Å²) in [7, 11) is 2.44. The number of piperidine rings is 2. The minimum atomic E-state index is -2.77. The highest BCUT2D eigenvalue weighted by Crippen LogP contribution is 2.55. The average molecular weight is 965 g/mol. The predicted molar refractivity (Wildman–Crippen MR) is 249 cm³/mol. The molecular weight excluding hydrogens is 909 g/mol. The van der Waals surface area contributed by atoms with Crippen LogP contribution in [0, 0.1) is 23.7 Å². The van der Waals surface area contributed by atoms with Crippen molar-refractivity contribution in [3.8, 4) is 33.6 Å². The molecule has 7 unspecified atom stereocenters. The van der Waals surface area contributed by atoms with Crippen LogP contribution in [0.2, 0.25) is 0 Å².